The molecule has 8 heteroatoms. The number of amides is 1. The Hall–Kier alpha value is -3.03. The van der Waals surface area contributed by atoms with E-state index in [0.29, 0.717) is 11.3 Å². The van der Waals surface area contributed by atoms with Crippen LogP contribution >= 0.6 is 0 Å². The Bertz CT molecular complexity index is 867. The summed E-state index contributed by atoms with van der Waals surface area (Å²) in [7, 11) is 0. The first kappa shape index (κ1) is 15.9. The number of carbonyl (C=O) groups excluding carboxylic acids is 1. The Labute approximate surface area is 137 Å². The molecule has 0 aliphatic heterocycles. The molecule has 0 saturated carbocycles. The van der Waals surface area contributed by atoms with Gasteiger partial charge in [0.15, 0.2) is 0 Å². The van der Waals surface area contributed by atoms with Crippen molar-refractivity contribution in [2.24, 2.45) is 0 Å². The van der Waals surface area contributed by atoms with E-state index in [0.717, 1.165) is 5.69 Å². The predicted octanol–water partition coefficient (Wildman–Crippen LogP) is 3.21. The van der Waals surface area contributed by atoms with E-state index in [1.807, 2.05) is 20.8 Å². The summed E-state index contributed by atoms with van der Waals surface area (Å²) in [6, 6.07) is 7.32. The molecule has 0 bridgehead atoms. The zero-order valence-electron chi connectivity index (χ0n) is 13.4. The summed E-state index contributed by atoms with van der Waals surface area (Å²) in [4.78, 5) is 12.4. The fourth-order valence-corrected chi connectivity index (χ4v) is 2.22. The van der Waals surface area contributed by atoms with Crippen LogP contribution in [0.2, 0.25) is 0 Å². The van der Waals surface area contributed by atoms with Crippen LogP contribution in [0.1, 0.15) is 36.1 Å². The van der Waals surface area contributed by atoms with Crippen LogP contribution < -0.4 is 5.32 Å². The van der Waals surface area contributed by atoms with Crippen molar-refractivity contribution in [1.82, 2.24) is 20.0 Å². The molecule has 0 unspecified atom stereocenters. The Morgan fingerprint density at radius 1 is 1.25 bits per heavy atom. The van der Waals surface area contributed by atoms with E-state index in [1.54, 1.807) is 10.7 Å². The number of hydrogen-bond donors (Lipinski definition) is 1. The van der Waals surface area contributed by atoms with Crippen LogP contribution in [-0.4, -0.2) is 25.9 Å². The number of nitrogens with one attached hydrogen (secondary N) is 1. The SMILES string of the molecule is Cc1cc(C(=O)Nc2nnc(-c3ccc(F)cc3)o2)n(C(C)C)n1. The summed E-state index contributed by atoms with van der Waals surface area (Å²) in [5.41, 5.74) is 1.71. The maximum Gasteiger partial charge on any atom is 0.322 e. The minimum Gasteiger partial charge on any atom is -0.403 e. The molecule has 7 nitrogen and oxygen atoms in total. The molecule has 0 spiro atoms. The van der Waals surface area contributed by atoms with Gasteiger partial charge < -0.3 is 4.42 Å². The first-order valence-electron chi connectivity index (χ1n) is 7.41. The third-order valence-corrected chi connectivity index (χ3v) is 3.32. The zero-order valence-corrected chi connectivity index (χ0v) is 13.4. The van der Waals surface area contributed by atoms with Crippen LogP contribution in [0.3, 0.4) is 0 Å². The number of benzene rings is 1. The Morgan fingerprint density at radius 2 is 1.96 bits per heavy atom. The summed E-state index contributed by atoms with van der Waals surface area (Å²) in [5, 5.41) is 14.5. The van der Waals surface area contributed by atoms with Crippen molar-refractivity contribution in [3.8, 4) is 11.5 Å². The lowest BCUT2D eigenvalue weighted by atomic mass is 10.2. The van der Waals surface area contributed by atoms with Crippen molar-refractivity contribution in [3.63, 3.8) is 0 Å². The first-order chi connectivity index (χ1) is 11.4. The fraction of sp³-hybridized carbons (Fsp3) is 0.250. The Kier molecular flexibility index (Phi) is 4.11. The van der Waals surface area contributed by atoms with E-state index in [9.17, 15) is 9.18 Å². The quantitative estimate of drug-likeness (QED) is 0.794. The number of nitrogens with zero attached hydrogens (tertiary/aromatic N) is 4. The molecule has 0 aliphatic rings. The summed E-state index contributed by atoms with van der Waals surface area (Å²) in [6.07, 6.45) is 0. The average molecular weight is 329 g/mol. The van der Waals surface area contributed by atoms with Gasteiger partial charge in [0.25, 0.3) is 5.91 Å². The molecule has 2 aromatic heterocycles. The fourth-order valence-electron chi connectivity index (χ4n) is 2.22. The Morgan fingerprint density at radius 3 is 2.62 bits per heavy atom. The number of carbonyl (C=O) groups is 1. The topological polar surface area (TPSA) is 85.8 Å². The average Bonchev–Trinajstić information content (AvgIpc) is 3.15. The summed E-state index contributed by atoms with van der Waals surface area (Å²) in [5.74, 6) is -0.554. The van der Waals surface area contributed by atoms with Gasteiger partial charge in [-0.05, 0) is 51.1 Å². The van der Waals surface area contributed by atoms with E-state index in [-0.39, 0.29) is 23.8 Å². The van der Waals surface area contributed by atoms with Crippen molar-refractivity contribution < 1.29 is 13.6 Å². The third-order valence-electron chi connectivity index (χ3n) is 3.32. The number of aromatic nitrogens is 4. The number of hydrogen-bond acceptors (Lipinski definition) is 5. The van der Waals surface area contributed by atoms with E-state index >= 15 is 0 Å². The van der Waals surface area contributed by atoms with Gasteiger partial charge in [-0.25, -0.2) is 4.39 Å². The second kappa shape index (κ2) is 6.23. The Balaban J connectivity index is 1.80. The van der Waals surface area contributed by atoms with Crippen LogP contribution in [0.15, 0.2) is 34.7 Å². The summed E-state index contributed by atoms with van der Waals surface area (Å²) < 4.78 is 20.0. The maximum absolute atomic E-state index is 12.9. The molecule has 0 saturated heterocycles. The third kappa shape index (κ3) is 3.17. The highest BCUT2D eigenvalue weighted by atomic mass is 19.1. The summed E-state index contributed by atoms with van der Waals surface area (Å²) >= 11 is 0. The standard InChI is InChI=1S/C16H16FN5O2/c1-9(2)22-13(8-10(3)21-22)14(23)18-16-20-19-15(24-16)11-4-6-12(17)7-5-11/h4-9H,1-3H3,(H,18,20,23). The largest absolute Gasteiger partial charge is 0.403 e. The molecule has 1 N–H and O–H groups in total. The van der Waals surface area contributed by atoms with Gasteiger partial charge in [0, 0.05) is 11.6 Å². The van der Waals surface area contributed by atoms with E-state index in [1.165, 1.54) is 24.3 Å². The van der Waals surface area contributed by atoms with Gasteiger partial charge >= 0.3 is 6.01 Å². The molecule has 0 atom stereocenters. The highest BCUT2D eigenvalue weighted by Gasteiger charge is 2.18. The van der Waals surface area contributed by atoms with Gasteiger partial charge in [0.1, 0.15) is 11.5 Å². The second-order valence-electron chi connectivity index (χ2n) is 5.58. The van der Waals surface area contributed by atoms with Crippen LogP contribution in [0.5, 0.6) is 0 Å². The number of halogens is 1. The van der Waals surface area contributed by atoms with Gasteiger partial charge in [-0.1, -0.05) is 5.10 Å². The normalized spacial score (nSPS) is 11.0. The first-order valence-corrected chi connectivity index (χ1v) is 7.41. The number of anilines is 1. The van der Waals surface area contributed by atoms with Crippen molar-refractivity contribution in [3.05, 3.63) is 47.5 Å². The van der Waals surface area contributed by atoms with Gasteiger partial charge in [-0.3, -0.25) is 14.8 Å². The van der Waals surface area contributed by atoms with Crippen molar-refractivity contribution >= 4 is 11.9 Å². The smallest absolute Gasteiger partial charge is 0.322 e. The molecule has 3 rings (SSSR count). The van der Waals surface area contributed by atoms with E-state index in [2.05, 4.69) is 20.6 Å². The highest BCUT2D eigenvalue weighted by Crippen LogP contribution is 2.20. The van der Waals surface area contributed by atoms with Crippen molar-refractivity contribution in [1.29, 1.82) is 0 Å². The van der Waals surface area contributed by atoms with Gasteiger partial charge in [-0.15, -0.1) is 5.10 Å². The zero-order chi connectivity index (χ0) is 17.3. The van der Waals surface area contributed by atoms with Crippen LogP contribution in [0.25, 0.3) is 11.5 Å². The molecule has 3 aromatic rings. The van der Waals surface area contributed by atoms with Crippen LogP contribution in [0.4, 0.5) is 10.4 Å². The highest BCUT2D eigenvalue weighted by molar-refractivity contribution is 6.02. The molecule has 0 fully saturated rings. The lowest BCUT2D eigenvalue weighted by Gasteiger charge is -2.09. The number of aryl methyl sites for hydroxylation is 1. The van der Waals surface area contributed by atoms with Crippen molar-refractivity contribution in [2.75, 3.05) is 5.32 Å². The molecular formula is C16H16FN5O2. The van der Waals surface area contributed by atoms with Crippen LogP contribution in [0, 0.1) is 12.7 Å². The van der Waals surface area contributed by atoms with E-state index in [4.69, 9.17) is 4.42 Å². The molecule has 2 heterocycles. The molecule has 1 aromatic carbocycles. The minimum absolute atomic E-state index is 0.0338. The van der Waals surface area contributed by atoms with Gasteiger partial charge in [0.2, 0.25) is 5.89 Å². The molecule has 0 radical (unpaired) electrons. The lowest BCUT2D eigenvalue weighted by molar-refractivity contribution is 0.101. The second-order valence-corrected chi connectivity index (χ2v) is 5.58. The minimum atomic E-state index is -0.390. The molecule has 124 valence electrons. The number of rotatable bonds is 4. The lowest BCUT2D eigenvalue weighted by Crippen LogP contribution is -2.19. The van der Waals surface area contributed by atoms with Crippen LogP contribution in [-0.2, 0) is 0 Å². The predicted molar refractivity (Wildman–Crippen MR) is 85.0 cm³/mol. The molecular weight excluding hydrogens is 313 g/mol. The maximum atomic E-state index is 12.9. The molecule has 0 aliphatic carbocycles. The van der Waals surface area contributed by atoms with Crippen molar-refractivity contribution in [2.45, 2.75) is 26.8 Å². The monoisotopic (exact) mass is 329 g/mol. The van der Waals surface area contributed by atoms with E-state index < -0.39 is 5.91 Å². The van der Waals surface area contributed by atoms with Gasteiger partial charge in [-0.2, -0.15) is 5.10 Å². The molecule has 24 heavy (non-hydrogen) atoms. The molecule has 1 amide bonds. The summed E-state index contributed by atoms with van der Waals surface area (Å²) in [6.45, 7) is 5.68. The van der Waals surface area contributed by atoms with Gasteiger partial charge in [0.05, 0.1) is 5.69 Å².